The largest absolute Gasteiger partial charge is 0.466 e. The van der Waals surface area contributed by atoms with Gasteiger partial charge in [-0.15, -0.1) is 0 Å². The van der Waals surface area contributed by atoms with Crippen LogP contribution >= 0.6 is 0 Å². The molecule has 41 heavy (non-hydrogen) atoms. The average Bonchev–Trinajstić information content (AvgIpc) is 2.85. The summed E-state index contributed by atoms with van der Waals surface area (Å²) in [7, 11) is 1.42. The van der Waals surface area contributed by atoms with Crippen molar-refractivity contribution in [2.75, 3.05) is 13.7 Å². The lowest BCUT2D eigenvalue weighted by Gasteiger charge is -2.58. The van der Waals surface area contributed by atoms with Gasteiger partial charge in [-0.25, -0.2) is 4.79 Å². The number of carbonyl (C=O) groups excluding carboxylic acids is 2. The summed E-state index contributed by atoms with van der Waals surface area (Å²) in [6.07, 6.45) is 14.4. The monoisotopic (exact) mass is 572 g/mol. The topological polar surface area (TPSA) is 72.8 Å². The van der Waals surface area contributed by atoms with Crippen LogP contribution in [0.1, 0.15) is 132 Å². The van der Waals surface area contributed by atoms with Crippen LogP contribution in [0, 0.1) is 39.9 Å². The third kappa shape index (κ3) is 8.06. The van der Waals surface area contributed by atoms with Crippen LogP contribution in [0.5, 0.6) is 0 Å². The molecule has 0 spiro atoms. The number of rotatable bonds is 11. The van der Waals surface area contributed by atoms with Crippen molar-refractivity contribution >= 4 is 11.9 Å². The van der Waals surface area contributed by atoms with E-state index in [0.717, 1.165) is 76.2 Å². The lowest BCUT2D eigenvalue weighted by Crippen LogP contribution is -2.52. The number of hydrogen-bond acceptors (Lipinski definition) is 5. The molecular weight excluding hydrogens is 512 g/mol. The Labute approximate surface area is 250 Å². The van der Waals surface area contributed by atoms with Crippen LogP contribution in [0.15, 0.2) is 23.8 Å². The van der Waals surface area contributed by atoms with Gasteiger partial charge in [-0.1, -0.05) is 65.2 Å². The summed E-state index contributed by atoms with van der Waals surface area (Å²) >= 11 is 0. The van der Waals surface area contributed by atoms with E-state index < -0.39 is 5.60 Å². The molecule has 0 aromatic heterocycles. The molecule has 0 aromatic carbocycles. The molecule has 0 saturated heterocycles. The summed E-state index contributed by atoms with van der Waals surface area (Å²) in [5, 5.41) is 11.1. The molecule has 1 N–H and O–H groups in total. The van der Waals surface area contributed by atoms with Crippen LogP contribution in [-0.4, -0.2) is 36.4 Å². The fourth-order valence-corrected chi connectivity index (χ4v) is 9.43. The lowest BCUT2D eigenvalue weighted by molar-refractivity contribution is -0.156. The van der Waals surface area contributed by atoms with Gasteiger partial charge in [0.15, 0.2) is 0 Å². The molecular formula is C36H60O5. The number of aliphatic hydroxyl groups is 1. The molecule has 234 valence electrons. The fourth-order valence-electron chi connectivity index (χ4n) is 9.43. The molecule has 0 aliphatic heterocycles. The molecule has 3 fully saturated rings. The Morgan fingerprint density at radius 3 is 2.41 bits per heavy atom. The summed E-state index contributed by atoms with van der Waals surface area (Å²) < 4.78 is 10.9. The third-order valence-corrected chi connectivity index (χ3v) is 11.8. The van der Waals surface area contributed by atoms with Gasteiger partial charge in [0.25, 0.3) is 0 Å². The number of hydrogen-bond donors (Lipinski definition) is 1. The minimum absolute atomic E-state index is 0.0351. The smallest absolute Gasteiger partial charge is 0.330 e. The van der Waals surface area contributed by atoms with Crippen LogP contribution in [0.3, 0.4) is 0 Å². The Morgan fingerprint density at radius 2 is 1.76 bits per heavy atom. The Morgan fingerprint density at radius 1 is 1.07 bits per heavy atom. The average molecular weight is 573 g/mol. The fraction of sp³-hybridized carbons (Fsp3) is 0.833. The molecule has 0 unspecified atom stereocenters. The summed E-state index contributed by atoms with van der Waals surface area (Å²) in [4.78, 5) is 24.8. The van der Waals surface area contributed by atoms with Crippen LogP contribution in [-0.2, 0) is 19.1 Å². The van der Waals surface area contributed by atoms with Crippen molar-refractivity contribution in [2.24, 2.45) is 39.9 Å². The van der Waals surface area contributed by atoms with Gasteiger partial charge in [-0.05, 0) is 113 Å². The van der Waals surface area contributed by atoms with Gasteiger partial charge in [-0.2, -0.15) is 0 Å². The van der Waals surface area contributed by atoms with E-state index in [4.69, 9.17) is 9.47 Å². The SMILES string of the molecule is C=C1CC[C@H]2[C@](C)(COC(=O)C[C@@H](C)CC[C@@H]3C(C)(C)CCC[C@@]3(C)O)CCC[C@]2(C)[C@H]1CC/C(C)=C/C(=O)OC. The molecule has 3 aliphatic carbocycles. The van der Waals surface area contributed by atoms with Crippen molar-refractivity contribution in [1.82, 2.24) is 0 Å². The second-order valence-corrected chi connectivity index (χ2v) is 15.7. The first-order valence-electron chi connectivity index (χ1n) is 16.3. The van der Waals surface area contributed by atoms with Crippen molar-refractivity contribution in [1.29, 1.82) is 0 Å². The minimum Gasteiger partial charge on any atom is -0.466 e. The number of esters is 2. The highest BCUT2D eigenvalue weighted by Gasteiger charge is 2.54. The second-order valence-electron chi connectivity index (χ2n) is 15.7. The number of allylic oxidation sites excluding steroid dienone is 2. The van der Waals surface area contributed by atoms with Crippen LogP contribution < -0.4 is 0 Å². The van der Waals surface area contributed by atoms with E-state index in [2.05, 4.69) is 41.2 Å². The first-order valence-corrected chi connectivity index (χ1v) is 16.3. The number of fused-ring (bicyclic) bond motifs is 1. The van der Waals surface area contributed by atoms with Crippen molar-refractivity contribution in [3.63, 3.8) is 0 Å². The molecule has 0 bridgehead atoms. The normalized spacial score (nSPS) is 36.3. The zero-order chi connectivity index (χ0) is 30.6. The summed E-state index contributed by atoms with van der Waals surface area (Å²) in [5.74, 6) is 1.00. The molecule has 0 radical (unpaired) electrons. The minimum atomic E-state index is -0.621. The van der Waals surface area contributed by atoms with E-state index in [1.54, 1.807) is 6.08 Å². The summed E-state index contributed by atoms with van der Waals surface area (Å²) in [5.41, 5.74) is 1.98. The Kier molecular flexibility index (Phi) is 11.0. The van der Waals surface area contributed by atoms with E-state index in [1.807, 2.05) is 13.8 Å². The zero-order valence-electron chi connectivity index (χ0n) is 27.6. The highest BCUT2D eigenvalue weighted by Crippen LogP contribution is 2.62. The van der Waals surface area contributed by atoms with Crippen molar-refractivity contribution in [3.8, 4) is 0 Å². The van der Waals surface area contributed by atoms with E-state index in [9.17, 15) is 14.7 Å². The van der Waals surface area contributed by atoms with Crippen molar-refractivity contribution in [3.05, 3.63) is 23.8 Å². The number of carbonyl (C=O) groups is 2. The van der Waals surface area contributed by atoms with Crippen LogP contribution in [0.25, 0.3) is 0 Å². The van der Waals surface area contributed by atoms with Gasteiger partial charge < -0.3 is 14.6 Å². The molecule has 5 heteroatoms. The predicted molar refractivity (Wildman–Crippen MR) is 166 cm³/mol. The van der Waals surface area contributed by atoms with Gasteiger partial charge in [0.05, 0.1) is 19.3 Å². The second kappa shape index (κ2) is 13.3. The molecule has 0 heterocycles. The predicted octanol–water partition coefficient (Wildman–Crippen LogP) is 8.59. The summed E-state index contributed by atoms with van der Waals surface area (Å²) in [6, 6.07) is 0. The molecule has 0 amide bonds. The molecule has 5 nitrogen and oxygen atoms in total. The van der Waals surface area contributed by atoms with Crippen molar-refractivity contribution < 1.29 is 24.2 Å². The van der Waals surface area contributed by atoms with Gasteiger partial charge >= 0.3 is 11.9 Å². The first-order chi connectivity index (χ1) is 19.0. The lowest BCUT2D eigenvalue weighted by atomic mass is 9.47. The van der Waals surface area contributed by atoms with Gasteiger partial charge in [0.2, 0.25) is 0 Å². The van der Waals surface area contributed by atoms with E-state index in [-0.39, 0.29) is 40.0 Å². The highest BCUT2D eigenvalue weighted by molar-refractivity contribution is 5.82. The zero-order valence-corrected chi connectivity index (χ0v) is 27.6. The summed E-state index contributed by atoms with van der Waals surface area (Å²) in [6.45, 7) is 20.5. The quantitative estimate of drug-likeness (QED) is 0.152. The third-order valence-electron chi connectivity index (χ3n) is 11.8. The Balaban J connectivity index is 1.57. The standard InChI is InChI=1S/C36H60O5/c1-25(22-31(37)40-9)12-15-28-27(3)14-17-30-34(6,19-11-20-35(28,30)7)24-41-32(38)23-26(2)13-16-29-33(4,5)18-10-21-36(29,8)39/h22,26,28-30,39H,3,10-21,23-24H2,1-2,4-9H3/b25-22+/t26-,28-,29+,30-,34-,35+,36+/m0/s1. The number of ether oxygens (including phenoxy) is 2. The van der Waals surface area contributed by atoms with Gasteiger partial charge in [-0.3, -0.25) is 4.79 Å². The van der Waals surface area contributed by atoms with E-state index >= 15 is 0 Å². The van der Waals surface area contributed by atoms with Crippen LogP contribution in [0.4, 0.5) is 0 Å². The van der Waals surface area contributed by atoms with Crippen LogP contribution in [0.2, 0.25) is 0 Å². The molecule has 0 aromatic rings. The Hall–Kier alpha value is -1.62. The van der Waals surface area contributed by atoms with Crippen molar-refractivity contribution in [2.45, 2.75) is 138 Å². The molecule has 3 saturated carbocycles. The maximum absolute atomic E-state index is 13.1. The first kappa shape index (κ1) is 33.9. The van der Waals surface area contributed by atoms with E-state index in [1.165, 1.54) is 19.1 Å². The highest BCUT2D eigenvalue weighted by atomic mass is 16.5. The van der Waals surface area contributed by atoms with Gasteiger partial charge in [0, 0.05) is 17.9 Å². The number of methoxy groups -OCH3 is 1. The Bertz CT molecular complexity index is 960. The molecule has 3 aliphatic rings. The maximum atomic E-state index is 13.1. The van der Waals surface area contributed by atoms with E-state index in [0.29, 0.717) is 24.9 Å². The molecule has 7 atom stereocenters. The maximum Gasteiger partial charge on any atom is 0.330 e. The van der Waals surface area contributed by atoms with Gasteiger partial charge in [0.1, 0.15) is 0 Å². The molecule has 3 rings (SSSR count).